The molecule has 9 heteroatoms. The van der Waals surface area contributed by atoms with Crippen molar-refractivity contribution >= 4 is 23.2 Å². The molecule has 0 atom stereocenters. The third kappa shape index (κ3) is 3.82. The second kappa shape index (κ2) is 7.56. The van der Waals surface area contributed by atoms with Crippen molar-refractivity contribution in [3.05, 3.63) is 51.3 Å². The number of hydrogen-bond donors (Lipinski definition) is 2. The molecule has 1 aromatic carbocycles. The molecule has 0 bridgehead atoms. The van der Waals surface area contributed by atoms with Crippen LogP contribution < -0.4 is 10.6 Å². The lowest BCUT2D eigenvalue weighted by Gasteiger charge is -2.09. The van der Waals surface area contributed by atoms with E-state index in [0.29, 0.717) is 6.54 Å². The van der Waals surface area contributed by atoms with Gasteiger partial charge in [-0.3, -0.25) is 24.4 Å². The maximum atomic E-state index is 12.5. The van der Waals surface area contributed by atoms with Crippen LogP contribution in [0, 0.1) is 17.0 Å². The quantitative estimate of drug-likeness (QED) is 0.613. The minimum atomic E-state index is -0.543. The van der Waals surface area contributed by atoms with Crippen molar-refractivity contribution in [2.24, 2.45) is 7.05 Å². The van der Waals surface area contributed by atoms with Gasteiger partial charge in [0.05, 0.1) is 16.8 Å². The summed E-state index contributed by atoms with van der Waals surface area (Å²) in [5, 5.41) is 20.3. The molecule has 0 fully saturated rings. The van der Waals surface area contributed by atoms with Crippen LogP contribution in [0.1, 0.15) is 39.8 Å². The summed E-state index contributed by atoms with van der Waals surface area (Å²) in [6.45, 7) is 3.93. The third-order valence-electron chi connectivity index (χ3n) is 3.68. The third-order valence-corrected chi connectivity index (χ3v) is 3.68. The minimum absolute atomic E-state index is 0.139. The van der Waals surface area contributed by atoms with Gasteiger partial charge in [-0.05, 0) is 19.4 Å². The second-order valence-electron chi connectivity index (χ2n) is 5.45. The zero-order valence-corrected chi connectivity index (χ0v) is 14.2. The Kier molecular flexibility index (Phi) is 5.48. The fourth-order valence-electron chi connectivity index (χ4n) is 2.38. The molecule has 2 N–H and O–H groups in total. The van der Waals surface area contributed by atoms with E-state index in [1.54, 1.807) is 7.05 Å². The van der Waals surface area contributed by atoms with Gasteiger partial charge in [0, 0.05) is 30.8 Å². The second-order valence-corrected chi connectivity index (χ2v) is 5.45. The van der Waals surface area contributed by atoms with E-state index in [1.165, 1.54) is 36.0 Å². The molecule has 9 nitrogen and oxygen atoms in total. The van der Waals surface area contributed by atoms with E-state index in [0.717, 1.165) is 6.42 Å². The number of hydrogen-bond acceptors (Lipinski definition) is 5. The molecule has 0 saturated heterocycles. The summed E-state index contributed by atoms with van der Waals surface area (Å²) in [5.41, 5.74) is 0.737. The SMILES string of the molecule is CCCNC(=O)c1c(NC(=O)c2cccc([N+](=O)[O-])c2C)cnn1C. The standard InChI is InChI=1S/C16H19N5O4/c1-4-8-17-16(23)14-12(9-18-20(14)3)19-15(22)11-6-5-7-13(10(11)2)21(24)25/h5-7,9H,4,8H2,1-3H3,(H,17,23)(H,19,22). The summed E-state index contributed by atoms with van der Waals surface area (Å²) >= 11 is 0. The molecule has 132 valence electrons. The van der Waals surface area contributed by atoms with Gasteiger partial charge in [0.2, 0.25) is 0 Å². The van der Waals surface area contributed by atoms with Gasteiger partial charge in [-0.15, -0.1) is 0 Å². The Hall–Kier alpha value is -3.23. The van der Waals surface area contributed by atoms with Crippen LogP contribution in [0.2, 0.25) is 0 Å². The fourth-order valence-corrected chi connectivity index (χ4v) is 2.38. The highest BCUT2D eigenvalue weighted by atomic mass is 16.6. The van der Waals surface area contributed by atoms with Gasteiger partial charge in [-0.25, -0.2) is 0 Å². The van der Waals surface area contributed by atoms with Crippen molar-refractivity contribution in [3.63, 3.8) is 0 Å². The van der Waals surface area contributed by atoms with Gasteiger partial charge < -0.3 is 10.6 Å². The Morgan fingerprint density at radius 2 is 2.04 bits per heavy atom. The van der Waals surface area contributed by atoms with Crippen LogP contribution in [0.5, 0.6) is 0 Å². The number of amides is 2. The predicted octanol–water partition coefficient (Wildman–Crippen LogP) is 2.03. The predicted molar refractivity (Wildman–Crippen MR) is 91.6 cm³/mol. The summed E-state index contributed by atoms with van der Waals surface area (Å²) in [7, 11) is 1.59. The minimum Gasteiger partial charge on any atom is -0.351 e. The molecule has 0 saturated carbocycles. The summed E-state index contributed by atoms with van der Waals surface area (Å²) in [4.78, 5) is 35.2. The highest BCUT2D eigenvalue weighted by molar-refractivity contribution is 6.09. The Labute approximate surface area is 144 Å². The lowest BCUT2D eigenvalue weighted by Crippen LogP contribution is -2.27. The first kappa shape index (κ1) is 18.1. The average molecular weight is 345 g/mol. The number of carbonyl (C=O) groups is 2. The maximum absolute atomic E-state index is 12.5. The number of anilines is 1. The number of nitrogens with one attached hydrogen (secondary N) is 2. The van der Waals surface area contributed by atoms with Crippen LogP contribution >= 0.6 is 0 Å². The van der Waals surface area contributed by atoms with E-state index in [4.69, 9.17) is 0 Å². The van der Waals surface area contributed by atoms with Crippen LogP contribution in [-0.2, 0) is 7.05 Å². The van der Waals surface area contributed by atoms with Gasteiger partial charge in [-0.1, -0.05) is 13.0 Å². The van der Waals surface area contributed by atoms with Crippen LogP contribution in [-0.4, -0.2) is 33.1 Å². The molecule has 1 aromatic heterocycles. The molecular weight excluding hydrogens is 326 g/mol. The van der Waals surface area contributed by atoms with Gasteiger partial charge in [0.15, 0.2) is 0 Å². The molecule has 0 aliphatic heterocycles. The molecule has 1 heterocycles. The number of nitrogens with zero attached hydrogens (tertiary/aromatic N) is 3. The van der Waals surface area contributed by atoms with Crippen molar-refractivity contribution in [3.8, 4) is 0 Å². The Balaban J connectivity index is 2.29. The summed E-state index contributed by atoms with van der Waals surface area (Å²) in [6, 6.07) is 4.27. The highest BCUT2D eigenvalue weighted by Gasteiger charge is 2.22. The number of nitro benzene ring substituents is 1. The molecule has 2 rings (SSSR count). The average Bonchev–Trinajstić information content (AvgIpc) is 2.92. The van der Waals surface area contributed by atoms with Gasteiger partial charge in [-0.2, -0.15) is 5.10 Å². The van der Waals surface area contributed by atoms with E-state index in [-0.39, 0.29) is 34.1 Å². The fraction of sp³-hybridized carbons (Fsp3) is 0.312. The number of aromatic nitrogens is 2. The van der Waals surface area contributed by atoms with Crippen LogP contribution in [0.25, 0.3) is 0 Å². The number of aryl methyl sites for hydroxylation is 1. The largest absolute Gasteiger partial charge is 0.351 e. The molecule has 0 unspecified atom stereocenters. The highest BCUT2D eigenvalue weighted by Crippen LogP contribution is 2.23. The molecule has 2 aromatic rings. The van der Waals surface area contributed by atoms with E-state index in [1.807, 2.05) is 6.92 Å². The normalized spacial score (nSPS) is 10.4. The van der Waals surface area contributed by atoms with Crippen molar-refractivity contribution in [2.45, 2.75) is 20.3 Å². The van der Waals surface area contributed by atoms with Crippen molar-refractivity contribution in [2.75, 3.05) is 11.9 Å². The van der Waals surface area contributed by atoms with Gasteiger partial charge in [0.25, 0.3) is 17.5 Å². The molecule has 0 aliphatic carbocycles. The first-order valence-electron chi connectivity index (χ1n) is 7.72. The van der Waals surface area contributed by atoms with E-state index >= 15 is 0 Å². The van der Waals surface area contributed by atoms with E-state index < -0.39 is 10.8 Å². The molecule has 0 spiro atoms. The van der Waals surface area contributed by atoms with E-state index in [9.17, 15) is 19.7 Å². The Morgan fingerprint density at radius 1 is 1.32 bits per heavy atom. The van der Waals surface area contributed by atoms with E-state index in [2.05, 4.69) is 15.7 Å². The topological polar surface area (TPSA) is 119 Å². The summed E-state index contributed by atoms with van der Waals surface area (Å²) in [6.07, 6.45) is 2.14. The molecule has 2 amide bonds. The van der Waals surface area contributed by atoms with Crippen LogP contribution in [0.4, 0.5) is 11.4 Å². The molecular formula is C16H19N5O4. The zero-order chi connectivity index (χ0) is 18.6. The molecule has 0 radical (unpaired) electrons. The van der Waals surface area contributed by atoms with Crippen LogP contribution in [0.3, 0.4) is 0 Å². The van der Waals surface area contributed by atoms with Gasteiger partial charge in [0.1, 0.15) is 5.69 Å². The van der Waals surface area contributed by atoms with Crippen molar-refractivity contribution in [1.29, 1.82) is 0 Å². The Bertz CT molecular complexity index is 828. The Morgan fingerprint density at radius 3 is 2.68 bits per heavy atom. The first-order valence-corrected chi connectivity index (χ1v) is 7.72. The smallest absolute Gasteiger partial charge is 0.273 e. The number of benzene rings is 1. The lowest BCUT2D eigenvalue weighted by molar-refractivity contribution is -0.385. The monoisotopic (exact) mass is 345 g/mol. The van der Waals surface area contributed by atoms with Crippen LogP contribution in [0.15, 0.2) is 24.4 Å². The van der Waals surface area contributed by atoms with Crippen molar-refractivity contribution in [1.82, 2.24) is 15.1 Å². The summed E-state index contributed by atoms with van der Waals surface area (Å²) in [5.74, 6) is -0.897. The number of carbonyl (C=O) groups excluding carboxylic acids is 2. The zero-order valence-electron chi connectivity index (χ0n) is 14.2. The number of nitro groups is 1. The molecule has 0 aliphatic rings. The lowest BCUT2D eigenvalue weighted by atomic mass is 10.1. The maximum Gasteiger partial charge on any atom is 0.273 e. The number of rotatable bonds is 6. The van der Waals surface area contributed by atoms with Gasteiger partial charge >= 0.3 is 0 Å². The first-order chi connectivity index (χ1) is 11.9. The summed E-state index contributed by atoms with van der Waals surface area (Å²) < 4.78 is 1.36. The molecule has 25 heavy (non-hydrogen) atoms. The van der Waals surface area contributed by atoms with Crippen molar-refractivity contribution < 1.29 is 14.5 Å².